The highest BCUT2D eigenvalue weighted by Gasteiger charge is 2.16. The second kappa shape index (κ2) is 10.6. The first-order valence-electron chi connectivity index (χ1n) is 9.87. The number of anilines is 1. The van der Waals surface area contributed by atoms with Crippen molar-refractivity contribution in [2.45, 2.75) is 20.0 Å². The third-order valence-electron chi connectivity index (χ3n) is 4.58. The number of nitrogens with one attached hydrogen (secondary N) is 1. The summed E-state index contributed by atoms with van der Waals surface area (Å²) in [7, 11) is 0. The van der Waals surface area contributed by atoms with Gasteiger partial charge in [0.15, 0.2) is 0 Å². The fraction of sp³-hybridized carbons (Fsp3) is 0.208. The third kappa shape index (κ3) is 5.67. The molecule has 2 aromatic carbocycles. The van der Waals surface area contributed by atoms with Gasteiger partial charge in [0, 0.05) is 30.0 Å². The lowest BCUT2D eigenvalue weighted by atomic mass is 10.2. The number of nitrogens with zero attached hydrogens (tertiary/aromatic N) is 2. The van der Waals surface area contributed by atoms with Gasteiger partial charge in [-0.05, 0) is 48.9 Å². The summed E-state index contributed by atoms with van der Waals surface area (Å²) in [5, 5.41) is 3.67. The van der Waals surface area contributed by atoms with Gasteiger partial charge >= 0.3 is 6.03 Å². The van der Waals surface area contributed by atoms with E-state index in [1.165, 1.54) is 0 Å². The summed E-state index contributed by atoms with van der Waals surface area (Å²) in [5.41, 5.74) is 2.77. The Labute approximate surface area is 182 Å². The number of halogens is 1. The maximum Gasteiger partial charge on any atom is 0.322 e. The van der Waals surface area contributed by atoms with Crippen molar-refractivity contribution in [3.63, 3.8) is 0 Å². The number of rotatable bonds is 9. The highest BCUT2D eigenvalue weighted by Crippen LogP contribution is 2.24. The lowest BCUT2D eigenvalue weighted by molar-refractivity contribution is 0.213. The molecule has 0 aliphatic heterocycles. The first-order chi connectivity index (χ1) is 14.6. The molecule has 0 unspecified atom stereocenters. The molecule has 0 saturated carbocycles. The van der Waals surface area contributed by atoms with Gasteiger partial charge in [-0.25, -0.2) is 4.79 Å². The van der Waals surface area contributed by atoms with Crippen molar-refractivity contribution in [1.82, 2.24) is 9.47 Å². The van der Waals surface area contributed by atoms with E-state index in [9.17, 15) is 4.79 Å². The smallest absolute Gasteiger partial charge is 0.322 e. The molecule has 3 aromatic rings. The van der Waals surface area contributed by atoms with E-state index < -0.39 is 0 Å². The van der Waals surface area contributed by atoms with Crippen molar-refractivity contribution in [3.8, 4) is 5.75 Å². The number of aromatic nitrogens is 1. The number of ether oxygens (including phenoxy) is 1. The Morgan fingerprint density at radius 1 is 1.20 bits per heavy atom. The fourth-order valence-corrected chi connectivity index (χ4v) is 3.41. The summed E-state index contributed by atoms with van der Waals surface area (Å²) in [5.74, 6) is 0.649. The van der Waals surface area contributed by atoms with E-state index in [1.807, 2.05) is 73.8 Å². The largest absolute Gasteiger partial charge is 0.492 e. The first kappa shape index (κ1) is 21.5. The molecule has 5 nitrogen and oxygen atoms in total. The van der Waals surface area contributed by atoms with Crippen LogP contribution in [0, 0.1) is 0 Å². The van der Waals surface area contributed by atoms with Gasteiger partial charge in [0.1, 0.15) is 5.75 Å². The van der Waals surface area contributed by atoms with Gasteiger partial charge in [-0.2, -0.15) is 0 Å². The fourth-order valence-electron chi connectivity index (χ4n) is 3.20. The number of carbonyl (C=O) groups is 1. The second-order valence-electron chi connectivity index (χ2n) is 6.79. The van der Waals surface area contributed by atoms with E-state index in [0.29, 0.717) is 42.7 Å². The van der Waals surface area contributed by atoms with Crippen LogP contribution < -0.4 is 10.1 Å². The predicted molar refractivity (Wildman–Crippen MR) is 122 cm³/mol. The number of benzene rings is 2. The molecule has 1 aromatic heterocycles. The molecule has 30 heavy (non-hydrogen) atoms. The topological polar surface area (TPSA) is 46.5 Å². The summed E-state index contributed by atoms with van der Waals surface area (Å²) in [6, 6.07) is 19.0. The van der Waals surface area contributed by atoms with Crippen LogP contribution in [0.3, 0.4) is 0 Å². The Balaban J connectivity index is 1.74. The molecule has 0 radical (unpaired) electrons. The average molecular weight is 424 g/mol. The quantitative estimate of drug-likeness (QED) is 0.441. The van der Waals surface area contributed by atoms with E-state index in [4.69, 9.17) is 16.3 Å². The number of para-hydroxylation sites is 2. The van der Waals surface area contributed by atoms with Gasteiger partial charge in [0.05, 0.1) is 18.8 Å². The van der Waals surface area contributed by atoms with Crippen LogP contribution in [0.25, 0.3) is 0 Å². The van der Waals surface area contributed by atoms with E-state index in [2.05, 4.69) is 16.5 Å². The lowest BCUT2D eigenvalue weighted by Gasteiger charge is -2.23. The molecule has 156 valence electrons. The summed E-state index contributed by atoms with van der Waals surface area (Å²) < 4.78 is 7.72. The van der Waals surface area contributed by atoms with Crippen molar-refractivity contribution in [2.75, 3.05) is 18.5 Å². The predicted octanol–water partition coefficient (Wildman–Crippen LogP) is 5.81. The van der Waals surface area contributed by atoms with Gasteiger partial charge in [0.25, 0.3) is 0 Å². The zero-order valence-corrected chi connectivity index (χ0v) is 17.8. The molecule has 0 saturated heterocycles. The van der Waals surface area contributed by atoms with Crippen LogP contribution in [-0.2, 0) is 13.1 Å². The molecule has 1 N–H and O–H groups in total. The van der Waals surface area contributed by atoms with Gasteiger partial charge in [-0.15, -0.1) is 6.58 Å². The van der Waals surface area contributed by atoms with Gasteiger partial charge in [-0.1, -0.05) is 41.9 Å². The van der Waals surface area contributed by atoms with Crippen molar-refractivity contribution < 1.29 is 9.53 Å². The molecular formula is C24H26ClN3O2. The molecule has 0 spiro atoms. The van der Waals surface area contributed by atoms with E-state index >= 15 is 0 Å². The molecule has 0 aliphatic rings. The molecule has 1 heterocycles. The van der Waals surface area contributed by atoms with Crippen molar-refractivity contribution in [3.05, 3.63) is 95.8 Å². The monoisotopic (exact) mass is 423 g/mol. The minimum Gasteiger partial charge on any atom is -0.492 e. The van der Waals surface area contributed by atoms with Gasteiger partial charge < -0.3 is 19.5 Å². The minimum absolute atomic E-state index is 0.211. The maximum absolute atomic E-state index is 13.0. The van der Waals surface area contributed by atoms with Crippen molar-refractivity contribution in [2.24, 2.45) is 0 Å². The van der Waals surface area contributed by atoms with Gasteiger partial charge in [-0.3, -0.25) is 0 Å². The van der Waals surface area contributed by atoms with Crippen LogP contribution >= 0.6 is 11.6 Å². The Hall–Kier alpha value is -3.18. The standard InChI is InChI=1S/C24H26ClN3O2/c1-3-14-28(24(29)26-22-12-5-6-13-23(22)30-4-2)18-21-11-8-15-27(21)17-19-9-7-10-20(25)16-19/h3,5-13,15-16H,1,4,14,17-18H2,2H3,(H,26,29). The molecule has 6 heteroatoms. The van der Waals surface area contributed by atoms with Crippen LogP contribution in [0.15, 0.2) is 79.5 Å². The number of hydrogen-bond donors (Lipinski definition) is 1. The Morgan fingerprint density at radius 2 is 2.03 bits per heavy atom. The van der Waals surface area contributed by atoms with Crippen molar-refractivity contribution in [1.29, 1.82) is 0 Å². The van der Waals surface area contributed by atoms with E-state index in [0.717, 1.165) is 11.3 Å². The number of urea groups is 1. The van der Waals surface area contributed by atoms with Crippen LogP contribution in [0.4, 0.5) is 10.5 Å². The summed E-state index contributed by atoms with van der Waals surface area (Å²) in [4.78, 5) is 14.7. The summed E-state index contributed by atoms with van der Waals surface area (Å²) in [6.45, 7) is 7.79. The highest BCUT2D eigenvalue weighted by molar-refractivity contribution is 6.30. The lowest BCUT2D eigenvalue weighted by Crippen LogP contribution is -2.35. The molecule has 3 rings (SSSR count). The number of hydrogen-bond acceptors (Lipinski definition) is 2. The van der Waals surface area contributed by atoms with Crippen LogP contribution in [-0.4, -0.2) is 28.6 Å². The van der Waals surface area contributed by atoms with Crippen LogP contribution in [0.1, 0.15) is 18.2 Å². The zero-order valence-electron chi connectivity index (χ0n) is 17.1. The molecule has 0 atom stereocenters. The maximum atomic E-state index is 13.0. The highest BCUT2D eigenvalue weighted by atomic mass is 35.5. The Morgan fingerprint density at radius 3 is 2.80 bits per heavy atom. The van der Waals surface area contributed by atoms with Crippen LogP contribution in [0.2, 0.25) is 5.02 Å². The number of amides is 2. The normalized spacial score (nSPS) is 10.5. The van der Waals surface area contributed by atoms with Gasteiger partial charge in [0.2, 0.25) is 0 Å². The molecule has 0 fully saturated rings. The minimum atomic E-state index is -0.211. The average Bonchev–Trinajstić information content (AvgIpc) is 3.16. The molecule has 2 amide bonds. The molecule has 0 aliphatic carbocycles. The van der Waals surface area contributed by atoms with Crippen LogP contribution in [0.5, 0.6) is 5.75 Å². The SMILES string of the molecule is C=CCN(Cc1cccn1Cc1cccc(Cl)c1)C(=O)Nc1ccccc1OCC. The molecular weight excluding hydrogens is 398 g/mol. The second-order valence-corrected chi connectivity index (χ2v) is 7.22. The molecule has 0 bridgehead atoms. The summed E-state index contributed by atoms with van der Waals surface area (Å²) >= 11 is 6.11. The Bertz CT molecular complexity index is 999. The summed E-state index contributed by atoms with van der Waals surface area (Å²) in [6.07, 6.45) is 3.73. The van der Waals surface area contributed by atoms with Crippen molar-refractivity contribution >= 4 is 23.3 Å². The van der Waals surface area contributed by atoms with E-state index in [-0.39, 0.29) is 6.03 Å². The third-order valence-corrected chi connectivity index (χ3v) is 4.82. The zero-order chi connectivity index (χ0) is 21.3. The van der Waals surface area contributed by atoms with E-state index in [1.54, 1.807) is 11.0 Å². The number of carbonyl (C=O) groups excluding carboxylic acids is 1. The first-order valence-corrected chi connectivity index (χ1v) is 10.3. The Kier molecular flexibility index (Phi) is 7.57.